The van der Waals surface area contributed by atoms with Crippen molar-refractivity contribution in [2.45, 2.75) is 0 Å². The smallest absolute Gasteiger partial charge is 0.319 e. The predicted octanol–water partition coefficient (Wildman–Crippen LogP) is 2.09. The molecule has 0 aromatic heterocycles. The van der Waals surface area contributed by atoms with Gasteiger partial charge in [-0.3, -0.25) is 0 Å². The lowest BCUT2D eigenvalue weighted by Gasteiger charge is -2.04. The number of para-hydroxylation sites is 1. The molecule has 0 bridgehead atoms. The minimum absolute atomic E-state index is 0.275. The zero-order chi connectivity index (χ0) is 8.97. The number of halogens is 1. The summed E-state index contributed by atoms with van der Waals surface area (Å²) in [5.41, 5.74) is 0.610. The molecule has 0 aliphatic carbocycles. The molecular weight excluding hydrogens is 176 g/mol. The molecule has 12 heavy (non-hydrogen) atoms. The van der Waals surface area contributed by atoms with Crippen molar-refractivity contribution in [2.24, 2.45) is 0 Å². The van der Waals surface area contributed by atoms with Crippen molar-refractivity contribution < 1.29 is 4.79 Å². The second kappa shape index (κ2) is 3.97. The van der Waals surface area contributed by atoms with Crippen LogP contribution in [-0.4, -0.2) is 13.1 Å². The van der Waals surface area contributed by atoms with E-state index < -0.39 is 0 Å². The van der Waals surface area contributed by atoms with E-state index in [0.29, 0.717) is 10.7 Å². The number of carbonyl (C=O) groups is 1. The summed E-state index contributed by atoms with van der Waals surface area (Å²) in [6, 6.07) is 6.78. The van der Waals surface area contributed by atoms with Crippen LogP contribution in [0.1, 0.15) is 0 Å². The minimum atomic E-state index is -0.275. The van der Waals surface area contributed by atoms with Crippen LogP contribution < -0.4 is 10.6 Å². The summed E-state index contributed by atoms with van der Waals surface area (Å²) in [6.45, 7) is 0. The fraction of sp³-hybridized carbons (Fsp3) is 0.125. The van der Waals surface area contributed by atoms with E-state index in [1.165, 1.54) is 0 Å². The van der Waals surface area contributed by atoms with Gasteiger partial charge in [0.1, 0.15) is 0 Å². The minimum Gasteiger partial charge on any atom is -0.341 e. The molecule has 1 rings (SSSR count). The molecule has 0 aliphatic rings. The van der Waals surface area contributed by atoms with Gasteiger partial charge < -0.3 is 10.6 Å². The van der Waals surface area contributed by atoms with Crippen LogP contribution in [0.15, 0.2) is 24.3 Å². The number of nitrogens with one attached hydrogen (secondary N) is 2. The van der Waals surface area contributed by atoms with Crippen molar-refractivity contribution in [2.75, 3.05) is 12.4 Å². The highest BCUT2D eigenvalue weighted by atomic mass is 35.5. The Hall–Kier alpha value is -1.22. The number of urea groups is 1. The van der Waals surface area contributed by atoms with Crippen LogP contribution in [-0.2, 0) is 0 Å². The Bertz CT molecular complexity index is 288. The monoisotopic (exact) mass is 184 g/mol. The average Bonchev–Trinajstić information content (AvgIpc) is 2.09. The maximum Gasteiger partial charge on any atom is 0.319 e. The van der Waals surface area contributed by atoms with E-state index in [9.17, 15) is 4.79 Å². The van der Waals surface area contributed by atoms with Crippen LogP contribution in [0, 0.1) is 0 Å². The Balaban J connectivity index is 2.75. The van der Waals surface area contributed by atoms with Gasteiger partial charge in [0.05, 0.1) is 10.7 Å². The summed E-state index contributed by atoms with van der Waals surface area (Å²) >= 11 is 5.78. The Labute approximate surface area is 75.7 Å². The van der Waals surface area contributed by atoms with E-state index in [2.05, 4.69) is 10.6 Å². The van der Waals surface area contributed by atoms with E-state index in [1.807, 2.05) is 0 Å². The van der Waals surface area contributed by atoms with Gasteiger partial charge in [-0.15, -0.1) is 0 Å². The van der Waals surface area contributed by atoms with Gasteiger partial charge in [-0.05, 0) is 12.1 Å². The van der Waals surface area contributed by atoms with E-state index in [-0.39, 0.29) is 6.03 Å². The first-order valence-corrected chi connectivity index (χ1v) is 3.85. The van der Waals surface area contributed by atoms with Gasteiger partial charge in [-0.25, -0.2) is 4.79 Å². The molecule has 64 valence electrons. The van der Waals surface area contributed by atoms with Gasteiger partial charge in [-0.1, -0.05) is 23.7 Å². The van der Waals surface area contributed by atoms with Gasteiger partial charge in [0.15, 0.2) is 0 Å². The number of carbonyl (C=O) groups excluding carboxylic acids is 1. The van der Waals surface area contributed by atoms with Gasteiger partial charge in [0.25, 0.3) is 0 Å². The standard InChI is InChI=1S/C8H9ClN2O/c1-10-8(12)11-7-5-3-2-4-6(7)9/h2-5H,1H3,(H2,10,11,12). The molecule has 0 radical (unpaired) electrons. The van der Waals surface area contributed by atoms with Gasteiger partial charge in [-0.2, -0.15) is 0 Å². The Morgan fingerprint density at radius 3 is 2.67 bits per heavy atom. The summed E-state index contributed by atoms with van der Waals surface area (Å²) in [7, 11) is 1.55. The maximum atomic E-state index is 10.9. The first-order valence-electron chi connectivity index (χ1n) is 3.47. The molecular formula is C8H9ClN2O. The van der Waals surface area contributed by atoms with Crippen molar-refractivity contribution in [1.82, 2.24) is 5.32 Å². The lowest BCUT2D eigenvalue weighted by molar-refractivity contribution is 0.254. The number of hydrogen-bond donors (Lipinski definition) is 2. The summed E-state index contributed by atoms with van der Waals surface area (Å²) < 4.78 is 0. The number of rotatable bonds is 1. The zero-order valence-corrected chi connectivity index (χ0v) is 7.35. The molecule has 0 aliphatic heterocycles. The van der Waals surface area contributed by atoms with Crippen molar-refractivity contribution in [3.63, 3.8) is 0 Å². The Kier molecular flexibility index (Phi) is 2.94. The third-order valence-electron chi connectivity index (χ3n) is 1.35. The number of hydrogen-bond acceptors (Lipinski definition) is 1. The van der Waals surface area contributed by atoms with E-state index >= 15 is 0 Å². The van der Waals surface area contributed by atoms with Crippen molar-refractivity contribution in [3.8, 4) is 0 Å². The highest BCUT2D eigenvalue weighted by Gasteiger charge is 2.00. The SMILES string of the molecule is CNC(=O)Nc1ccccc1Cl. The summed E-state index contributed by atoms with van der Waals surface area (Å²) in [6.07, 6.45) is 0. The van der Waals surface area contributed by atoms with Crippen LogP contribution in [0.3, 0.4) is 0 Å². The largest absolute Gasteiger partial charge is 0.341 e. The molecule has 2 N–H and O–H groups in total. The van der Waals surface area contributed by atoms with Crippen LogP contribution >= 0.6 is 11.6 Å². The van der Waals surface area contributed by atoms with Crippen molar-refractivity contribution in [3.05, 3.63) is 29.3 Å². The summed E-state index contributed by atoms with van der Waals surface area (Å²) in [5, 5.41) is 5.54. The lowest BCUT2D eigenvalue weighted by Crippen LogP contribution is -2.24. The number of anilines is 1. The van der Waals surface area contributed by atoms with E-state index in [4.69, 9.17) is 11.6 Å². The molecule has 4 heteroatoms. The summed E-state index contributed by atoms with van der Waals surface area (Å²) in [5.74, 6) is 0. The Morgan fingerprint density at radius 2 is 2.08 bits per heavy atom. The third-order valence-corrected chi connectivity index (χ3v) is 1.68. The second-order valence-corrected chi connectivity index (χ2v) is 2.59. The molecule has 0 heterocycles. The molecule has 3 nitrogen and oxygen atoms in total. The first-order chi connectivity index (χ1) is 5.74. The molecule has 0 fully saturated rings. The Morgan fingerprint density at radius 1 is 1.42 bits per heavy atom. The zero-order valence-electron chi connectivity index (χ0n) is 6.60. The number of benzene rings is 1. The van der Waals surface area contributed by atoms with Crippen molar-refractivity contribution in [1.29, 1.82) is 0 Å². The maximum absolute atomic E-state index is 10.9. The molecule has 1 aromatic carbocycles. The van der Waals surface area contributed by atoms with Crippen LogP contribution in [0.25, 0.3) is 0 Å². The van der Waals surface area contributed by atoms with Crippen LogP contribution in [0.4, 0.5) is 10.5 Å². The quantitative estimate of drug-likeness (QED) is 0.690. The fourth-order valence-electron chi connectivity index (χ4n) is 0.747. The molecule has 0 saturated heterocycles. The van der Waals surface area contributed by atoms with Gasteiger partial charge in [0.2, 0.25) is 0 Å². The summed E-state index contributed by atoms with van der Waals surface area (Å²) in [4.78, 5) is 10.9. The van der Waals surface area contributed by atoms with Gasteiger partial charge >= 0.3 is 6.03 Å². The lowest BCUT2D eigenvalue weighted by atomic mass is 10.3. The highest BCUT2D eigenvalue weighted by molar-refractivity contribution is 6.33. The second-order valence-electron chi connectivity index (χ2n) is 2.18. The average molecular weight is 185 g/mol. The molecule has 0 atom stereocenters. The first kappa shape index (κ1) is 8.87. The highest BCUT2D eigenvalue weighted by Crippen LogP contribution is 2.19. The number of amides is 2. The third kappa shape index (κ3) is 2.13. The molecule has 0 saturated carbocycles. The fourth-order valence-corrected chi connectivity index (χ4v) is 0.930. The van der Waals surface area contributed by atoms with Crippen LogP contribution in [0.5, 0.6) is 0 Å². The van der Waals surface area contributed by atoms with Gasteiger partial charge in [0, 0.05) is 7.05 Å². The molecule has 0 spiro atoms. The van der Waals surface area contributed by atoms with Crippen molar-refractivity contribution >= 4 is 23.3 Å². The molecule has 2 amide bonds. The normalized spacial score (nSPS) is 9.17. The topological polar surface area (TPSA) is 41.1 Å². The molecule has 0 unspecified atom stereocenters. The van der Waals surface area contributed by atoms with E-state index in [0.717, 1.165) is 0 Å². The molecule has 1 aromatic rings. The predicted molar refractivity (Wildman–Crippen MR) is 49.5 cm³/mol. The van der Waals surface area contributed by atoms with Crippen LogP contribution in [0.2, 0.25) is 5.02 Å². The van der Waals surface area contributed by atoms with E-state index in [1.54, 1.807) is 31.3 Å².